The van der Waals surface area contributed by atoms with Gasteiger partial charge in [0, 0.05) is 18.3 Å². The van der Waals surface area contributed by atoms with E-state index in [2.05, 4.69) is 46.6 Å². The molecule has 2 N–H and O–H groups in total. The van der Waals surface area contributed by atoms with Crippen molar-refractivity contribution in [2.45, 2.75) is 20.3 Å². The SMILES string of the molecule is CCCNc1cc(Nc2cccc(C)c2)ncn1. The number of rotatable bonds is 5. The van der Waals surface area contributed by atoms with E-state index in [-0.39, 0.29) is 0 Å². The Balaban J connectivity index is 2.09. The quantitative estimate of drug-likeness (QED) is 0.844. The normalized spacial score (nSPS) is 10.1. The van der Waals surface area contributed by atoms with Crippen molar-refractivity contribution in [2.75, 3.05) is 17.2 Å². The highest BCUT2D eigenvalue weighted by molar-refractivity contribution is 5.59. The van der Waals surface area contributed by atoms with Gasteiger partial charge in [-0.3, -0.25) is 0 Å². The minimum absolute atomic E-state index is 0.800. The largest absolute Gasteiger partial charge is 0.370 e. The number of benzene rings is 1. The second-order valence-electron chi connectivity index (χ2n) is 4.21. The zero-order chi connectivity index (χ0) is 12.8. The molecule has 94 valence electrons. The lowest BCUT2D eigenvalue weighted by Gasteiger charge is -2.08. The molecule has 0 atom stereocenters. The van der Waals surface area contributed by atoms with Crippen molar-refractivity contribution in [1.82, 2.24) is 9.97 Å². The van der Waals surface area contributed by atoms with E-state index in [0.29, 0.717) is 0 Å². The van der Waals surface area contributed by atoms with Gasteiger partial charge in [0.15, 0.2) is 0 Å². The van der Waals surface area contributed by atoms with Crippen LogP contribution in [0.5, 0.6) is 0 Å². The van der Waals surface area contributed by atoms with Gasteiger partial charge >= 0.3 is 0 Å². The van der Waals surface area contributed by atoms with Crippen molar-refractivity contribution in [3.63, 3.8) is 0 Å². The molecule has 0 amide bonds. The van der Waals surface area contributed by atoms with Gasteiger partial charge in [0.1, 0.15) is 18.0 Å². The Labute approximate surface area is 107 Å². The molecule has 0 aliphatic heterocycles. The summed E-state index contributed by atoms with van der Waals surface area (Å²) in [6.45, 7) is 5.11. The van der Waals surface area contributed by atoms with E-state index in [4.69, 9.17) is 0 Å². The lowest BCUT2D eigenvalue weighted by molar-refractivity contribution is 0.965. The smallest absolute Gasteiger partial charge is 0.135 e. The third-order valence-corrected chi connectivity index (χ3v) is 2.51. The fourth-order valence-corrected chi connectivity index (χ4v) is 1.65. The maximum absolute atomic E-state index is 4.21. The van der Waals surface area contributed by atoms with Gasteiger partial charge in [-0.15, -0.1) is 0 Å². The molecule has 0 saturated heterocycles. The highest BCUT2D eigenvalue weighted by Gasteiger charge is 1.99. The summed E-state index contributed by atoms with van der Waals surface area (Å²) in [6, 6.07) is 10.1. The molecule has 1 aromatic heterocycles. The first kappa shape index (κ1) is 12.4. The maximum atomic E-state index is 4.21. The standard InChI is InChI=1S/C14H18N4/c1-3-7-15-13-9-14(17-10-16-13)18-12-6-4-5-11(2)8-12/h4-6,8-10H,3,7H2,1-2H3,(H2,15,16,17,18). The van der Waals surface area contributed by atoms with E-state index >= 15 is 0 Å². The van der Waals surface area contributed by atoms with Crippen LogP contribution in [0.3, 0.4) is 0 Å². The summed E-state index contributed by atoms with van der Waals surface area (Å²) < 4.78 is 0. The van der Waals surface area contributed by atoms with Crippen LogP contribution in [-0.4, -0.2) is 16.5 Å². The van der Waals surface area contributed by atoms with Crippen LogP contribution >= 0.6 is 0 Å². The molecule has 4 heteroatoms. The van der Waals surface area contributed by atoms with Crippen LogP contribution in [0.4, 0.5) is 17.3 Å². The second-order valence-corrected chi connectivity index (χ2v) is 4.21. The van der Waals surface area contributed by atoms with Gasteiger partial charge in [0.25, 0.3) is 0 Å². The molecule has 0 aliphatic rings. The molecule has 4 nitrogen and oxygen atoms in total. The van der Waals surface area contributed by atoms with E-state index in [0.717, 1.165) is 30.3 Å². The molecule has 0 fully saturated rings. The third kappa shape index (κ3) is 3.45. The lowest BCUT2D eigenvalue weighted by Crippen LogP contribution is -2.03. The topological polar surface area (TPSA) is 49.8 Å². The molecule has 18 heavy (non-hydrogen) atoms. The van der Waals surface area contributed by atoms with Crippen molar-refractivity contribution in [3.8, 4) is 0 Å². The number of nitrogens with one attached hydrogen (secondary N) is 2. The van der Waals surface area contributed by atoms with Crippen molar-refractivity contribution >= 4 is 17.3 Å². The van der Waals surface area contributed by atoms with Gasteiger partial charge in [-0.05, 0) is 31.0 Å². The zero-order valence-corrected chi connectivity index (χ0v) is 10.8. The Morgan fingerprint density at radius 2 is 1.94 bits per heavy atom. The monoisotopic (exact) mass is 242 g/mol. The van der Waals surface area contributed by atoms with Gasteiger partial charge in [0.05, 0.1) is 0 Å². The minimum Gasteiger partial charge on any atom is -0.370 e. The highest BCUT2D eigenvalue weighted by atomic mass is 15.1. The molecular weight excluding hydrogens is 224 g/mol. The van der Waals surface area contributed by atoms with Crippen LogP contribution < -0.4 is 10.6 Å². The number of anilines is 3. The van der Waals surface area contributed by atoms with Gasteiger partial charge < -0.3 is 10.6 Å². The van der Waals surface area contributed by atoms with E-state index < -0.39 is 0 Å². The Kier molecular flexibility index (Phi) is 4.12. The van der Waals surface area contributed by atoms with E-state index in [1.54, 1.807) is 6.33 Å². The summed E-state index contributed by atoms with van der Waals surface area (Å²) in [5, 5.41) is 6.51. The summed E-state index contributed by atoms with van der Waals surface area (Å²) in [5.41, 5.74) is 2.26. The lowest BCUT2D eigenvalue weighted by atomic mass is 10.2. The number of hydrogen-bond donors (Lipinski definition) is 2. The summed E-state index contributed by atoms with van der Waals surface area (Å²) in [7, 11) is 0. The molecular formula is C14H18N4. The van der Waals surface area contributed by atoms with E-state index in [1.165, 1.54) is 5.56 Å². The van der Waals surface area contributed by atoms with Gasteiger partial charge in [-0.1, -0.05) is 19.1 Å². The summed E-state index contributed by atoms with van der Waals surface area (Å²) in [6.07, 6.45) is 2.64. The predicted molar refractivity (Wildman–Crippen MR) is 75.3 cm³/mol. The Bertz CT molecular complexity index is 511. The number of hydrogen-bond acceptors (Lipinski definition) is 4. The molecule has 2 rings (SSSR count). The molecule has 1 heterocycles. The number of aryl methyl sites for hydroxylation is 1. The molecule has 0 radical (unpaired) electrons. The van der Waals surface area contributed by atoms with Gasteiger partial charge in [-0.25, -0.2) is 9.97 Å². The molecule has 0 unspecified atom stereocenters. The maximum Gasteiger partial charge on any atom is 0.135 e. The van der Waals surface area contributed by atoms with Crippen LogP contribution in [0.1, 0.15) is 18.9 Å². The molecule has 0 bridgehead atoms. The van der Waals surface area contributed by atoms with Crippen LogP contribution in [0.15, 0.2) is 36.7 Å². The summed E-state index contributed by atoms with van der Waals surface area (Å²) in [4.78, 5) is 8.38. The minimum atomic E-state index is 0.800. The van der Waals surface area contributed by atoms with Crippen LogP contribution in [0.2, 0.25) is 0 Å². The van der Waals surface area contributed by atoms with E-state index in [9.17, 15) is 0 Å². The third-order valence-electron chi connectivity index (χ3n) is 2.51. The summed E-state index contributed by atoms with van der Waals surface area (Å²) >= 11 is 0. The first-order valence-electron chi connectivity index (χ1n) is 6.17. The van der Waals surface area contributed by atoms with E-state index in [1.807, 2.05) is 18.2 Å². The first-order valence-corrected chi connectivity index (χ1v) is 6.17. The zero-order valence-electron chi connectivity index (χ0n) is 10.8. The Morgan fingerprint density at radius 3 is 2.72 bits per heavy atom. The van der Waals surface area contributed by atoms with Crippen LogP contribution in [0, 0.1) is 6.92 Å². The average molecular weight is 242 g/mol. The second kappa shape index (κ2) is 6.00. The Morgan fingerprint density at radius 1 is 1.11 bits per heavy atom. The molecule has 2 aromatic rings. The fourth-order valence-electron chi connectivity index (χ4n) is 1.65. The Hall–Kier alpha value is -2.10. The van der Waals surface area contributed by atoms with Crippen molar-refractivity contribution < 1.29 is 0 Å². The molecule has 1 aromatic carbocycles. The van der Waals surface area contributed by atoms with Gasteiger partial charge in [0.2, 0.25) is 0 Å². The van der Waals surface area contributed by atoms with Gasteiger partial charge in [-0.2, -0.15) is 0 Å². The number of nitrogens with zero attached hydrogens (tertiary/aromatic N) is 2. The fraction of sp³-hybridized carbons (Fsp3) is 0.286. The highest BCUT2D eigenvalue weighted by Crippen LogP contribution is 2.17. The predicted octanol–water partition coefficient (Wildman–Crippen LogP) is 3.35. The van der Waals surface area contributed by atoms with Crippen LogP contribution in [-0.2, 0) is 0 Å². The number of aromatic nitrogens is 2. The molecule has 0 spiro atoms. The van der Waals surface area contributed by atoms with Crippen molar-refractivity contribution in [1.29, 1.82) is 0 Å². The average Bonchev–Trinajstić information content (AvgIpc) is 2.37. The van der Waals surface area contributed by atoms with Crippen LogP contribution in [0.25, 0.3) is 0 Å². The molecule has 0 saturated carbocycles. The first-order chi connectivity index (χ1) is 8.78. The summed E-state index contributed by atoms with van der Waals surface area (Å²) in [5.74, 6) is 1.65. The van der Waals surface area contributed by atoms with Crippen molar-refractivity contribution in [2.24, 2.45) is 0 Å². The molecule has 0 aliphatic carbocycles. The van der Waals surface area contributed by atoms with Crippen molar-refractivity contribution in [3.05, 3.63) is 42.2 Å².